The number of rotatable bonds is 1. The van der Waals surface area contributed by atoms with E-state index in [0.29, 0.717) is 12.0 Å². The quantitative estimate of drug-likeness (QED) is 0.789. The van der Waals surface area contributed by atoms with Crippen molar-refractivity contribution in [1.82, 2.24) is 10.2 Å². The molecule has 90 valence electrons. The monoisotopic (exact) mass is 342 g/mol. The molecule has 2 atom stereocenters. The van der Waals surface area contributed by atoms with Gasteiger partial charge in [-0.1, -0.05) is 0 Å². The van der Waals surface area contributed by atoms with E-state index in [-0.39, 0.29) is 5.91 Å². The first kappa shape index (κ1) is 11.5. The van der Waals surface area contributed by atoms with Crippen molar-refractivity contribution in [1.29, 1.82) is 0 Å². The molecule has 2 saturated heterocycles. The molecule has 0 radical (unpaired) electrons. The molecule has 17 heavy (non-hydrogen) atoms. The Kier molecular flexibility index (Phi) is 3.08. The maximum atomic E-state index is 12.4. The predicted octanol–water partition coefficient (Wildman–Crippen LogP) is 1.73. The zero-order valence-electron chi connectivity index (χ0n) is 9.53. The molecular formula is C13H15IN2O. The molecule has 0 aromatic heterocycles. The fourth-order valence-electron chi connectivity index (χ4n) is 2.86. The molecule has 2 aliphatic rings. The standard InChI is InChI=1S/C13H15IN2O/c14-11-3-1-9(2-4-11)13(17)16-6-5-10-7-15-8-12(10)16/h1-4,10,12,15H,5-8H2/t10-,12+/m1/s1. The molecular weight excluding hydrogens is 327 g/mol. The van der Waals surface area contributed by atoms with Gasteiger partial charge in [0.1, 0.15) is 0 Å². The molecule has 1 amide bonds. The maximum absolute atomic E-state index is 12.4. The number of carbonyl (C=O) groups is 1. The smallest absolute Gasteiger partial charge is 0.254 e. The summed E-state index contributed by atoms with van der Waals surface area (Å²) >= 11 is 2.26. The topological polar surface area (TPSA) is 32.3 Å². The van der Waals surface area contributed by atoms with Crippen molar-refractivity contribution in [2.75, 3.05) is 19.6 Å². The Morgan fingerprint density at radius 1 is 1.29 bits per heavy atom. The summed E-state index contributed by atoms with van der Waals surface area (Å²) in [7, 11) is 0. The molecule has 4 heteroatoms. The molecule has 1 aromatic carbocycles. The van der Waals surface area contributed by atoms with Gasteiger partial charge in [-0.3, -0.25) is 4.79 Å². The number of likely N-dealkylation sites (tertiary alicyclic amines) is 1. The molecule has 0 spiro atoms. The second-order valence-corrected chi connectivity index (χ2v) is 6.03. The van der Waals surface area contributed by atoms with E-state index in [2.05, 4.69) is 27.9 Å². The average molecular weight is 342 g/mol. The van der Waals surface area contributed by atoms with Gasteiger partial charge in [-0.05, 0) is 59.2 Å². The van der Waals surface area contributed by atoms with E-state index in [9.17, 15) is 4.79 Å². The van der Waals surface area contributed by atoms with Crippen molar-refractivity contribution in [2.45, 2.75) is 12.5 Å². The number of carbonyl (C=O) groups excluding carboxylic acids is 1. The lowest BCUT2D eigenvalue weighted by Gasteiger charge is -2.23. The molecule has 0 unspecified atom stereocenters. The lowest BCUT2D eigenvalue weighted by Crippen LogP contribution is -2.39. The Hall–Kier alpha value is -0.620. The van der Waals surface area contributed by atoms with E-state index >= 15 is 0 Å². The van der Waals surface area contributed by atoms with Gasteiger partial charge in [0, 0.05) is 34.8 Å². The number of halogens is 1. The summed E-state index contributed by atoms with van der Waals surface area (Å²) in [5, 5.41) is 3.37. The van der Waals surface area contributed by atoms with Gasteiger partial charge in [0.05, 0.1) is 0 Å². The molecule has 1 N–H and O–H groups in total. The zero-order chi connectivity index (χ0) is 11.8. The third kappa shape index (κ3) is 2.08. The third-order valence-electron chi connectivity index (χ3n) is 3.80. The second kappa shape index (κ2) is 4.57. The van der Waals surface area contributed by atoms with Crippen LogP contribution in [0, 0.1) is 9.49 Å². The van der Waals surface area contributed by atoms with Crippen LogP contribution in [0.15, 0.2) is 24.3 Å². The summed E-state index contributed by atoms with van der Waals surface area (Å²) < 4.78 is 1.17. The van der Waals surface area contributed by atoms with Crippen LogP contribution in [-0.2, 0) is 0 Å². The van der Waals surface area contributed by atoms with Gasteiger partial charge in [0.15, 0.2) is 0 Å². The van der Waals surface area contributed by atoms with Crippen LogP contribution < -0.4 is 5.32 Å². The summed E-state index contributed by atoms with van der Waals surface area (Å²) in [4.78, 5) is 14.4. The second-order valence-electron chi connectivity index (χ2n) is 4.78. The molecule has 0 saturated carbocycles. The van der Waals surface area contributed by atoms with Gasteiger partial charge in [-0.2, -0.15) is 0 Å². The minimum atomic E-state index is 0.192. The van der Waals surface area contributed by atoms with Crippen molar-refractivity contribution in [3.8, 4) is 0 Å². The van der Waals surface area contributed by atoms with E-state index in [1.54, 1.807) is 0 Å². The summed E-state index contributed by atoms with van der Waals surface area (Å²) in [6.45, 7) is 2.95. The van der Waals surface area contributed by atoms with E-state index in [1.807, 2.05) is 29.2 Å². The van der Waals surface area contributed by atoms with E-state index in [4.69, 9.17) is 0 Å². The molecule has 0 aliphatic carbocycles. The summed E-state index contributed by atoms with van der Waals surface area (Å²) in [5.41, 5.74) is 0.818. The molecule has 1 aromatic rings. The Morgan fingerprint density at radius 3 is 2.82 bits per heavy atom. The molecule has 2 aliphatic heterocycles. The number of hydrogen-bond donors (Lipinski definition) is 1. The Balaban J connectivity index is 1.80. The predicted molar refractivity (Wildman–Crippen MR) is 75.0 cm³/mol. The van der Waals surface area contributed by atoms with Crippen LogP contribution in [-0.4, -0.2) is 36.5 Å². The number of hydrogen-bond acceptors (Lipinski definition) is 2. The summed E-state index contributed by atoms with van der Waals surface area (Å²) in [5.74, 6) is 0.861. The average Bonchev–Trinajstić information content (AvgIpc) is 2.90. The molecule has 3 nitrogen and oxygen atoms in total. The lowest BCUT2D eigenvalue weighted by molar-refractivity contribution is 0.0737. The van der Waals surface area contributed by atoms with Crippen LogP contribution >= 0.6 is 22.6 Å². The molecule has 2 heterocycles. The van der Waals surface area contributed by atoms with Crippen molar-refractivity contribution in [3.63, 3.8) is 0 Å². The highest BCUT2D eigenvalue weighted by molar-refractivity contribution is 14.1. The van der Waals surface area contributed by atoms with Crippen LogP contribution in [0.2, 0.25) is 0 Å². The number of fused-ring (bicyclic) bond motifs is 1. The van der Waals surface area contributed by atoms with E-state index in [0.717, 1.165) is 31.6 Å². The maximum Gasteiger partial charge on any atom is 0.254 e. The normalized spacial score (nSPS) is 27.2. The Morgan fingerprint density at radius 2 is 2.06 bits per heavy atom. The first-order valence-corrected chi connectivity index (χ1v) is 7.11. The van der Waals surface area contributed by atoms with Crippen LogP contribution in [0.1, 0.15) is 16.8 Å². The minimum Gasteiger partial charge on any atom is -0.334 e. The first-order valence-electron chi connectivity index (χ1n) is 6.03. The van der Waals surface area contributed by atoms with E-state index < -0.39 is 0 Å². The van der Waals surface area contributed by atoms with Gasteiger partial charge in [-0.15, -0.1) is 0 Å². The van der Waals surface area contributed by atoms with Crippen molar-refractivity contribution in [2.24, 2.45) is 5.92 Å². The van der Waals surface area contributed by atoms with Gasteiger partial charge < -0.3 is 10.2 Å². The highest BCUT2D eigenvalue weighted by atomic mass is 127. The van der Waals surface area contributed by atoms with Crippen molar-refractivity contribution >= 4 is 28.5 Å². The zero-order valence-corrected chi connectivity index (χ0v) is 11.7. The first-order chi connectivity index (χ1) is 8.25. The SMILES string of the molecule is O=C(c1ccc(I)cc1)N1CC[C@@H]2CNC[C@@H]21. The molecule has 0 bridgehead atoms. The highest BCUT2D eigenvalue weighted by Gasteiger charge is 2.39. The Bertz CT molecular complexity index is 432. The van der Waals surface area contributed by atoms with Crippen LogP contribution in [0.3, 0.4) is 0 Å². The van der Waals surface area contributed by atoms with Crippen LogP contribution in [0.4, 0.5) is 0 Å². The highest BCUT2D eigenvalue weighted by Crippen LogP contribution is 2.28. The third-order valence-corrected chi connectivity index (χ3v) is 4.52. The van der Waals surface area contributed by atoms with Crippen molar-refractivity contribution in [3.05, 3.63) is 33.4 Å². The summed E-state index contributed by atoms with van der Waals surface area (Å²) in [6.07, 6.45) is 1.15. The van der Waals surface area contributed by atoms with Gasteiger partial charge in [-0.25, -0.2) is 0 Å². The number of benzene rings is 1. The Labute approximate surface area is 115 Å². The number of amides is 1. The fourth-order valence-corrected chi connectivity index (χ4v) is 3.22. The van der Waals surface area contributed by atoms with Gasteiger partial charge in [0.2, 0.25) is 0 Å². The summed E-state index contributed by atoms with van der Waals surface area (Å²) in [6, 6.07) is 8.27. The molecule has 3 rings (SSSR count). The van der Waals surface area contributed by atoms with Gasteiger partial charge >= 0.3 is 0 Å². The minimum absolute atomic E-state index is 0.192. The number of nitrogens with zero attached hydrogens (tertiary/aromatic N) is 1. The van der Waals surface area contributed by atoms with Gasteiger partial charge in [0.25, 0.3) is 5.91 Å². The van der Waals surface area contributed by atoms with Crippen LogP contribution in [0.25, 0.3) is 0 Å². The number of nitrogens with one attached hydrogen (secondary N) is 1. The molecule has 2 fully saturated rings. The lowest BCUT2D eigenvalue weighted by atomic mass is 10.0. The fraction of sp³-hybridized carbons (Fsp3) is 0.462. The van der Waals surface area contributed by atoms with E-state index in [1.165, 1.54) is 3.57 Å². The largest absolute Gasteiger partial charge is 0.334 e. The van der Waals surface area contributed by atoms with Crippen LogP contribution in [0.5, 0.6) is 0 Å². The van der Waals surface area contributed by atoms with Crippen molar-refractivity contribution < 1.29 is 4.79 Å².